The zero-order valence-corrected chi connectivity index (χ0v) is 13.6. The minimum atomic E-state index is -0.553. The Labute approximate surface area is 144 Å². The Morgan fingerprint density at radius 2 is 1.80 bits per heavy atom. The SMILES string of the molecule is COc1ccc(Nc2ccn(OC(=O)COc3ccccc3)n2)cc1. The largest absolute Gasteiger partial charge is 0.497 e. The molecule has 0 aliphatic rings. The van der Waals surface area contributed by atoms with Crippen LogP contribution in [-0.4, -0.2) is 29.6 Å². The summed E-state index contributed by atoms with van der Waals surface area (Å²) in [5, 5.41) is 7.22. The van der Waals surface area contributed by atoms with Crippen LogP contribution in [0.3, 0.4) is 0 Å². The van der Waals surface area contributed by atoms with Gasteiger partial charge in [-0.1, -0.05) is 23.0 Å². The first-order valence-electron chi connectivity index (χ1n) is 7.59. The van der Waals surface area contributed by atoms with Gasteiger partial charge < -0.3 is 19.6 Å². The number of anilines is 2. The van der Waals surface area contributed by atoms with Crippen LogP contribution in [0.2, 0.25) is 0 Å². The molecule has 128 valence electrons. The van der Waals surface area contributed by atoms with Gasteiger partial charge in [-0.2, -0.15) is 0 Å². The molecule has 0 spiro atoms. The minimum absolute atomic E-state index is 0.203. The van der Waals surface area contributed by atoms with Gasteiger partial charge in [0.2, 0.25) is 0 Å². The first kappa shape index (κ1) is 16.4. The number of benzene rings is 2. The molecule has 7 heteroatoms. The van der Waals surface area contributed by atoms with Gasteiger partial charge in [-0.05, 0) is 36.4 Å². The Kier molecular flexibility index (Phi) is 5.16. The van der Waals surface area contributed by atoms with Crippen LogP contribution in [0.25, 0.3) is 0 Å². The number of para-hydroxylation sites is 1. The fourth-order valence-corrected chi connectivity index (χ4v) is 2.04. The number of carbonyl (C=O) groups is 1. The Morgan fingerprint density at radius 3 is 2.52 bits per heavy atom. The van der Waals surface area contributed by atoms with E-state index in [1.807, 2.05) is 42.5 Å². The molecule has 3 aromatic rings. The van der Waals surface area contributed by atoms with E-state index in [-0.39, 0.29) is 6.61 Å². The third-order valence-corrected chi connectivity index (χ3v) is 3.22. The summed E-state index contributed by atoms with van der Waals surface area (Å²) >= 11 is 0. The van der Waals surface area contributed by atoms with Crippen LogP contribution in [-0.2, 0) is 4.79 Å². The smallest absolute Gasteiger partial charge is 0.371 e. The molecule has 0 amide bonds. The predicted octanol–water partition coefficient (Wildman–Crippen LogP) is 2.67. The number of carbonyl (C=O) groups excluding carboxylic acids is 1. The van der Waals surface area contributed by atoms with Crippen molar-refractivity contribution in [3.05, 3.63) is 66.9 Å². The fraction of sp³-hybridized carbons (Fsp3) is 0.111. The Morgan fingerprint density at radius 1 is 1.04 bits per heavy atom. The molecule has 1 N–H and O–H groups in total. The van der Waals surface area contributed by atoms with Gasteiger partial charge in [-0.15, -0.1) is 5.10 Å². The summed E-state index contributed by atoms with van der Waals surface area (Å²) in [5.41, 5.74) is 0.838. The highest BCUT2D eigenvalue weighted by atomic mass is 16.7. The second-order valence-corrected chi connectivity index (χ2v) is 5.02. The maximum atomic E-state index is 11.8. The second-order valence-electron chi connectivity index (χ2n) is 5.02. The third-order valence-electron chi connectivity index (χ3n) is 3.22. The highest BCUT2D eigenvalue weighted by Crippen LogP contribution is 2.18. The molecule has 0 aliphatic heterocycles. The zero-order chi connectivity index (χ0) is 17.5. The molecule has 0 radical (unpaired) electrons. The van der Waals surface area contributed by atoms with E-state index in [4.69, 9.17) is 14.3 Å². The summed E-state index contributed by atoms with van der Waals surface area (Å²) < 4.78 is 10.4. The van der Waals surface area contributed by atoms with Crippen molar-refractivity contribution in [1.29, 1.82) is 0 Å². The first-order valence-corrected chi connectivity index (χ1v) is 7.59. The molecule has 3 rings (SSSR count). The van der Waals surface area contributed by atoms with E-state index in [1.54, 1.807) is 25.3 Å². The first-order chi connectivity index (χ1) is 12.2. The lowest BCUT2D eigenvalue weighted by Crippen LogP contribution is -2.25. The number of rotatable bonds is 7. The lowest BCUT2D eigenvalue weighted by atomic mass is 10.3. The van der Waals surface area contributed by atoms with Crippen molar-refractivity contribution in [2.45, 2.75) is 0 Å². The quantitative estimate of drug-likeness (QED) is 0.713. The van der Waals surface area contributed by atoms with Crippen LogP contribution in [0.4, 0.5) is 11.5 Å². The molecule has 7 nitrogen and oxygen atoms in total. The van der Waals surface area contributed by atoms with E-state index in [2.05, 4.69) is 10.4 Å². The number of hydrogen-bond donors (Lipinski definition) is 1. The summed E-state index contributed by atoms with van der Waals surface area (Å²) in [7, 11) is 1.61. The van der Waals surface area contributed by atoms with Gasteiger partial charge in [0.05, 0.1) is 13.3 Å². The van der Waals surface area contributed by atoms with Crippen LogP contribution in [0.5, 0.6) is 11.5 Å². The molecule has 2 aromatic carbocycles. The summed E-state index contributed by atoms with van der Waals surface area (Å²) in [6.45, 7) is -0.203. The van der Waals surface area contributed by atoms with Crippen molar-refractivity contribution in [1.82, 2.24) is 9.94 Å². The van der Waals surface area contributed by atoms with E-state index in [1.165, 1.54) is 6.20 Å². The van der Waals surface area contributed by atoms with Gasteiger partial charge in [0.1, 0.15) is 11.5 Å². The zero-order valence-electron chi connectivity index (χ0n) is 13.6. The number of hydrogen-bond acceptors (Lipinski definition) is 6. The standard InChI is InChI=1S/C18H17N3O4/c1-23-15-9-7-14(8-10-15)19-17-11-12-21(20-17)25-18(22)13-24-16-5-3-2-4-6-16/h2-12H,13H2,1H3,(H,19,20). The predicted molar refractivity (Wildman–Crippen MR) is 92.0 cm³/mol. The Balaban J connectivity index is 1.51. The van der Waals surface area contributed by atoms with Crippen molar-refractivity contribution >= 4 is 17.5 Å². The molecule has 0 aliphatic carbocycles. The van der Waals surface area contributed by atoms with E-state index < -0.39 is 5.97 Å². The van der Waals surface area contributed by atoms with Crippen molar-refractivity contribution in [3.8, 4) is 11.5 Å². The average Bonchev–Trinajstić information content (AvgIpc) is 3.08. The van der Waals surface area contributed by atoms with E-state index in [0.29, 0.717) is 11.6 Å². The highest BCUT2D eigenvalue weighted by Gasteiger charge is 2.08. The maximum Gasteiger partial charge on any atom is 0.371 e. The summed E-state index contributed by atoms with van der Waals surface area (Å²) in [4.78, 5) is 17.9. The van der Waals surface area contributed by atoms with E-state index in [0.717, 1.165) is 16.3 Å². The van der Waals surface area contributed by atoms with Crippen LogP contribution in [0.15, 0.2) is 66.9 Å². The van der Waals surface area contributed by atoms with Crippen LogP contribution in [0.1, 0.15) is 0 Å². The lowest BCUT2D eigenvalue weighted by molar-refractivity contribution is -0.148. The molecular formula is C18H17N3O4. The summed E-state index contributed by atoms with van der Waals surface area (Å²) in [6.07, 6.45) is 1.53. The van der Waals surface area contributed by atoms with Crippen molar-refractivity contribution in [2.75, 3.05) is 19.0 Å². The topological polar surface area (TPSA) is 74.6 Å². The minimum Gasteiger partial charge on any atom is -0.497 e. The number of nitrogens with one attached hydrogen (secondary N) is 1. The molecule has 25 heavy (non-hydrogen) atoms. The Hall–Kier alpha value is -3.48. The number of ether oxygens (including phenoxy) is 2. The van der Waals surface area contributed by atoms with Crippen molar-refractivity contribution in [2.24, 2.45) is 0 Å². The summed E-state index contributed by atoms with van der Waals surface area (Å²) in [6, 6.07) is 18.1. The normalized spacial score (nSPS) is 10.1. The molecule has 0 saturated carbocycles. The summed E-state index contributed by atoms with van der Waals surface area (Å²) in [5.74, 6) is 1.36. The average molecular weight is 339 g/mol. The van der Waals surface area contributed by atoms with Crippen LogP contribution in [0, 0.1) is 0 Å². The second kappa shape index (κ2) is 7.87. The molecule has 1 aromatic heterocycles. The molecule has 0 bridgehead atoms. The number of nitrogens with zero attached hydrogens (tertiary/aromatic N) is 2. The Bertz CT molecular complexity index is 816. The van der Waals surface area contributed by atoms with E-state index >= 15 is 0 Å². The van der Waals surface area contributed by atoms with Gasteiger partial charge in [0.25, 0.3) is 0 Å². The van der Waals surface area contributed by atoms with Gasteiger partial charge in [0.15, 0.2) is 12.4 Å². The van der Waals surface area contributed by atoms with Crippen LogP contribution < -0.4 is 19.6 Å². The van der Waals surface area contributed by atoms with Crippen LogP contribution >= 0.6 is 0 Å². The maximum absolute atomic E-state index is 11.8. The molecule has 0 fully saturated rings. The monoisotopic (exact) mass is 339 g/mol. The molecule has 0 saturated heterocycles. The van der Waals surface area contributed by atoms with Gasteiger partial charge in [-0.3, -0.25) is 0 Å². The van der Waals surface area contributed by atoms with Gasteiger partial charge in [0, 0.05) is 11.8 Å². The van der Waals surface area contributed by atoms with Gasteiger partial charge in [-0.25, -0.2) is 4.79 Å². The van der Waals surface area contributed by atoms with Crippen molar-refractivity contribution < 1.29 is 19.1 Å². The third kappa shape index (κ3) is 4.74. The molecule has 0 unspecified atom stereocenters. The van der Waals surface area contributed by atoms with E-state index in [9.17, 15) is 4.79 Å². The fourth-order valence-electron chi connectivity index (χ4n) is 2.04. The number of aromatic nitrogens is 2. The van der Waals surface area contributed by atoms with Gasteiger partial charge >= 0.3 is 5.97 Å². The lowest BCUT2D eigenvalue weighted by Gasteiger charge is -2.06. The molecule has 0 atom stereocenters. The highest BCUT2D eigenvalue weighted by molar-refractivity contribution is 5.71. The molecule has 1 heterocycles. The van der Waals surface area contributed by atoms with Crippen molar-refractivity contribution in [3.63, 3.8) is 0 Å². The molecular weight excluding hydrogens is 322 g/mol. The number of methoxy groups -OCH3 is 1.